The van der Waals surface area contributed by atoms with E-state index in [1.165, 1.54) is 0 Å². The lowest BCUT2D eigenvalue weighted by Crippen LogP contribution is -2.40. The SMILES string of the molecule is COc1ccc(C(=O)N2C[C@H](O)[C@@H](N(C)Cc3ncccc3C)C2)cc1. The average molecular weight is 355 g/mol. The average Bonchev–Trinajstić information content (AvgIpc) is 3.05. The number of carbonyl (C=O) groups is 1. The Hall–Kier alpha value is -2.44. The molecule has 1 aromatic carbocycles. The Morgan fingerprint density at radius 1 is 1.31 bits per heavy atom. The third-order valence-corrected chi connectivity index (χ3v) is 4.97. The van der Waals surface area contributed by atoms with Crippen LogP contribution < -0.4 is 4.74 Å². The van der Waals surface area contributed by atoms with Crippen LogP contribution in [0.25, 0.3) is 0 Å². The molecule has 1 aliphatic rings. The number of pyridine rings is 1. The van der Waals surface area contributed by atoms with Gasteiger partial charge >= 0.3 is 0 Å². The molecule has 6 nitrogen and oxygen atoms in total. The summed E-state index contributed by atoms with van der Waals surface area (Å²) < 4.78 is 5.13. The highest BCUT2D eigenvalue weighted by atomic mass is 16.5. The van der Waals surface area contributed by atoms with Crippen LogP contribution in [0, 0.1) is 6.92 Å². The molecule has 1 aliphatic heterocycles. The van der Waals surface area contributed by atoms with Gasteiger partial charge in [0, 0.05) is 31.4 Å². The lowest BCUT2D eigenvalue weighted by atomic mass is 10.1. The fraction of sp³-hybridized carbons (Fsp3) is 0.400. The van der Waals surface area contributed by atoms with Crippen LogP contribution in [-0.4, -0.2) is 65.2 Å². The second-order valence-corrected chi connectivity index (χ2v) is 6.76. The Kier molecular flexibility index (Phi) is 5.54. The molecule has 1 aromatic heterocycles. The number of aliphatic hydroxyl groups is 1. The van der Waals surface area contributed by atoms with Crippen LogP contribution in [0.3, 0.4) is 0 Å². The molecule has 1 N–H and O–H groups in total. The van der Waals surface area contributed by atoms with Gasteiger partial charge in [-0.2, -0.15) is 0 Å². The summed E-state index contributed by atoms with van der Waals surface area (Å²) in [5, 5.41) is 10.5. The number of amides is 1. The third kappa shape index (κ3) is 3.86. The number of aromatic nitrogens is 1. The number of likely N-dealkylation sites (tertiary alicyclic amines) is 1. The Balaban J connectivity index is 1.66. The topological polar surface area (TPSA) is 65.9 Å². The molecule has 2 aromatic rings. The highest BCUT2D eigenvalue weighted by molar-refractivity contribution is 5.94. The molecule has 1 fully saturated rings. The first-order chi connectivity index (χ1) is 12.5. The molecule has 2 heterocycles. The van der Waals surface area contributed by atoms with Crippen LogP contribution in [0.1, 0.15) is 21.6 Å². The number of nitrogens with zero attached hydrogens (tertiary/aromatic N) is 3. The molecule has 3 rings (SSSR count). The number of methoxy groups -OCH3 is 1. The van der Waals surface area contributed by atoms with Crippen LogP contribution in [-0.2, 0) is 6.54 Å². The standard InChI is InChI=1S/C20H25N3O3/c1-14-5-4-10-21-17(14)11-22(2)18-12-23(13-19(18)24)20(25)15-6-8-16(26-3)9-7-15/h4-10,18-19,24H,11-13H2,1-3H3/t18-,19-/m0/s1. The van der Waals surface area contributed by atoms with Gasteiger partial charge in [-0.3, -0.25) is 14.7 Å². The van der Waals surface area contributed by atoms with Gasteiger partial charge in [-0.25, -0.2) is 0 Å². The monoisotopic (exact) mass is 355 g/mol. The molecule has 0 aliphatic carbocycles. The van der Waals surface area contributed by atoms with Gasteiger partial charge < -0.3 is 14.7 Å². The van der Waals surface area contributed by atoms with E-state index in [4.69, 9.17) is 4.74 Å². The molecule has 0 spiro atoms. The van der Waals surface area contributed by atoms with Gasteiger partial charge in [-0.1, -0.05) is 6.07 Å². The van der Waals surface area contributed by atoms with Crippen molar-refractivity contribution in [2.75, 3.05) is 27.2 Å². The van der Waals surface area contributed by atoms with Crippen molar-refractivity contribution in [1.29, 1.82) is 0 Å². The van der Waals surface area contributed by atoms with Crippen molar-refractivity contribution in [3.8, 4) is 5.75 Å². The van der Waals surface area contributed by atoms with Crippen molar-refractivity contribution in [2.45, 2.75) is 25.6 Å². The second-order valence-electron chi connectivity index (χ2n) is 6.76. The number of ether oxygens (including phenoxy) is 1. The molecule has 26 heavy (non-hydrogen) atoms. The Bertz CT molecular complexity index is 763. The zero-order valence-electron chi connectivity index (χ0n) is 15.4. The van der Waals surface area contributed by atoms with E-state index in [-0.39, 0.29) is 11.9 Å². The molecule has 0 bridgehead atoms. The first-order valence-electron chi connectivity index (χ1n) is 8.71. The van der Waals surface area contributed by atoms with Crippen LogP contribution in [0.2, 0.25) is 0 Å². The number of rotatable bonds is 5. The zero-order valence-corrected chi connectivity index (χ0v) is 15.4. The van der Waals surface area contributed by atoms with E-state index >= 15 is 0 Å². The maximum atomic E-state index is 12.7. The number of hydrogen-bond acceptors (Lipinski definition) is 5. The molecule has 0 unspecified atom stereocenters. The Labute approximate surface area is 154 Å². The summed E-state index contributed by atoms with van der Waals surface area (Å²) in [7, 11) is 3.56. The van der Waals surface area contributed by atoms with Crippen LogP contribution in [0.5, 0.6) is 5.75 Å². The number of β-amino-alcohol motifs (C(OH)–C–C–N with tert-alkyl or cyclic N) is 1. The number of aryl methyl sites for hydroxylation is 1. The summed E-state index contributed by atoms with van der Waals surface area (Å²) >= 11 is 0. The minimum atomic E-state index is -0.578. The van der Waals surface area contributed by atoms with Gasteiger partial charge in [0.1, 0.15) is 5.75 Å². The van der Waals surface area contributed by atoms with E-state index in [0.29, 0.717) is 30.9 Å². The molecule has 2 atom stereocenters. The summed E-state index contributed by atoms with van der Waals surface area (Å²) in [6, 6.07) is 10.9. The summed E-state index contributed by atoms with van der Waals surface area (Å²) in [6.45, 7) is 3.50. The first kappa shape index (κ1) is 18.4. The van der Waals surface area contributed by atoms with Gasteiger partial charge in [0.25, 0.3) is 5.91 Å². The Morgan fingerprint density at radius 2 is 2.04 bits per heavy atom. The van der Waals surface area contributed by atoms with Crippen LogP contribution >= 0.6 is 0 Å². The van der Waals surface area contributed by atoms with Crippen molar-refractivity contribution in [3.63, 3.8) is 0 Å². The second kappa shape index (κ2) is 7.85. The van der Waals surface area contributed by atoms with Crippen LogP contribution in [0.4, 0.5) is 0 Å². The number of benzene rings is 1. The van der Waals surface area contributed by atoms with Crippen molar-refractivity contribution < 1.29 is 14.6 Å². The normalized spacial score (nSPS) is 19.8. The lowest BCUT2D eigenvalue weighted by molar-refractivity contribution is 0.0762. The highest BCUT2D eigenvalue weighted by Gasteiger charge is 2.36. The minimum Gasteiger partial charge on any atom is -0.497 e. The number of carbonyl (C=O) groups excluding carboxylic acids is 1. The van der Waals surface area contributed by atoms with Crippen molar-refractivity contribution in [3.05, 3.63) is 59.4 Å². The molecule has 6 heteroatoms. The van der Waals surface area contributed by atoms with Gasteiger partial charge in [-0.05, 0) is 49.9 Å². The number of hydrogen-bond donors (Lipinski definition) is 1. The number of aliphatic hydroxyl groups excluding tert-OH is 1. The van der Waals surface area contributed by atoms with E-state index in [2.05, 4.69) is 9.88 Å². The molecular formula is C20H25N3O3. The van der Waals surface area contributed by atoms with Gasteiger partial charge in [0.2, 0.25) is 0 Å². The predicted molar refractivity (Wildman–Crippen MR) is 99.1 cm³/mol. The van der Waals surface area contributed by atoms with Gasteiger partial charge in [0.15, 0.2) is 0 Å². The van der Waals surface area contributed by atoms with E-state index in [1.54, 1.807) is 42.5 Å². The van der Waals surface area contributed by atoms with Gasteiger partial charge in [0.05, 0.1) is 24.9 Å². The van der Waals surface area contributed by atoms with Crippen molar-refractivity contribution in [2.24, 2.45) is 0 Å². The Morgan fingerprint density at radius 3 is 2.69 bits per heavy atom. The summed E-state index contributed by atoms with van der Waals surface area (Å²) in [5.41, 5.74) is 2.71. The van der Waals surface area contributed by atoms with E-state index in [0.717, 1.165) is 11.3 Å². The molecule has 0 saturated carbocycles. The molecule has 1 saturated heterocycles. The predicted octanol–water partition coefficient (Wildman–Crippen LogP) is 1.72. The van der Waals surface area contributed by atoms with E-state index < -0.39 is 6.10 Å². The summed E-state index contributed by atoms with van der Waals surface area (Å²) in [5.74, 6) is 0.642. The molecule has 1 amide bonds. The van der Waals surface area contributed by atoms with Crippen LogP contribution in [0.15, 0.2) is 42.6 Å². The quantitative estimate of drug-likeness (QED) is 0.885. The lowest BCUT2D eigenvalue weighted by Gasteiger charge is -2.26. The summed E-state index contributed by atoms with van der Waals surface area (Å²) in [6.07, 6.45) is 1.20. The van der Waals surface area contributed by atoms with Crippen molar-refractivity contribution >= 4 is 5.91 Å². The fourth-order valence-corrected chi connectivity index (χ4v) is 3.32. The number of likely N-dealkylation sites (N-methyl/N-ethyl adjacent to an activating group) is 1. The van der Waals surface area contributed by atoms with E-state index in [1.807, 2.05) is 26.1 Å². The van der Waals surface area contributed by atoms with E-state index in [9.17, 15) is 9.90 Å². The zero-order chi connectivity index (χ0) is 18.7. The fourth-order valence-electron chi connectivity index (χ4n) is 3.32. The minimum absolute atomic E-state index is 0.0726. The highest BCUT2D eigenvalue weighted by Crippen LogP contribution is 2.21. The van der Waals surface area contributed by atoms with Crippen molar-refractivity contribution in [1.82, 2.24) is 14.8 Å². The molecule has 0 radical (unpaired) electrons. The van der Waals surface area contributed by atoms with Gasteiger partial charge in [-0.15, -0.1) is 0 Å². The maximum absolute atomic E-state index is 12.7. The maximum Gasteiger partial charge on any atom is 0.254 e. The molecule has 138 valence electrons. The first-order valence-corrected chi connectivity index (χ1v) is 8.71. The summed E-state index contributed by atoms with van der Waals surface area (Å²) in [4.78, 5) is 20.9. The largest absolute Gasteiger partial charge is 0.497 e. The smallest absolute Gasteiger partial charge is 0.254 e. The molecular weight excluding hydrogens is 330 g/mol. The third-order valence-electron chi connectivity index (χ3n) is 4.97.